The van der Waals surface area contributed by atoms with Crippen molar-refractivity contribution >= 4 is 40.6 Å². The van der Waals surface area contributed by atoms with Gasteiger partial charge in [0, 0.05) is 36.5 Å². The molecule has 14 heteroatoms. The summed E-state index contributed by atoms with van der Waals surface area (Å²) in [5.41, 5.74) is 19.1. The molecule has 248 valence electrons. The smallest absolute Gasteiger partial charge is 0.326 e. The number of H-pyrrole nitrogens is 1. The molecule has 4 unspecified atom stereocenters. The lowest BCUT2D eigenvalue weighted by Crippen LogP contribution is -2.57. The number of aromatic nitrogens is 1. The molecule has 0 saturated carbocycles. The van der Waals surface area contributed by atoms with Gasteiger partial charge in [-0.25, -0.2) is 4.79 Å². The Morgan fingerprint density at radius 2 is 1.50 bits per heavy atom. The highest BCUT2D eigenvalue weighted by Gasteiger charge is 2.31. The number of carboxylic acid groups (broad SMARTS) is 1. The number of hydrogen-bond acceptors (Lipinski definition) is 7. The van der Waals surface area contributed by atoms with Crippen LogP contribution in [0.4, 0.5) is 0 Å². The van der Waals surface area contributed by atoms with E-state index >= 15 is 0 Å². The monoisotopic (exact) mass is 636 g/mol. The van der Waals surface area contributed by atoms with Crippen molar-refractivity contribution in [1.29, 1.82) is 0 Å². The molecule has 14 nitrogen and oxygen atoms in total. The lowest BCUT2D eigenvalue weighted by molar-refractivity contribution is -0.142. The number of carbonyl (C=O) groups excluding carboxylic acids is 3. The maximum absolute atomic E-state index is 13.7. The van der Waals surface area contributed by atoms with E-state index in [0.717, 1.165) is 10.9 Å². The number of aromatic hydroxyl groups is 1. The third-order valence-electron chi connectivity index (χ3n) is 7.36. The fraction of sp³-hybridized carbons (Fsp3) is 0.406. The van der Waals surface area contributed by atoms with Gasteiger partial charge in [-0.15, -0.1) is 0 Å². The fourth-order valence-electron chi connectivity index (χ4n) is 5.01. The number of hydrogen-bond donors (Lipinski definition) is 9. The molecule has 3 rings (SSSR count). The Balaban J connectivity index is 1.82. The third-order valence-corrected chi connectivity index (χ3v) is 7.36. The van der Waals surface area contributed by atoms with E-state index in [-0.39, 0.29) is 49.9 Å². The number of nitrogens with zero attached hydrogens (tertiary/aromatic N) is 1. The summed E-state index contributed by atoms with van der Waals surface area (Å²) in [4.78, 5) is 59.5. The predicted octanol–water partition coefficient (Wildman–Crippen LogP) is 0.625. The number of aliphatic carboxylic acids is 1. The van der Waals surface area contributed by atoms with E-state index in [1.807, 2.05) is 38.1 Å². The van der Waals surface area contributed by atoms with Gasteiger partial charge < -0.3 is 48.3 Å². The Hall–Kier alpha value is -5.11. The second-order valence-electron chi connectivity index (χ2n) is 11.6. The summed E-state index contributed by atoms with van der Waals surface area (Å²) in [6.07, 6.45) is 2.47. The van der Waals surface area contributed by atoms with Gasteiger partial charge in [-0.3, -0.25) is 19.4 Å². The molecule has 2 aromatic carbocycles. The summed E-state index contributed by atoms with van der Waals surface area (Å²) in [5, 5.41) is 28.4. The van der Waals surface area contributed by atoms with Crippen LogP contribution in [-0.2, 0) is 32.0 Å². The van der Waals surface area contributed by atoms with Crippen LogP contribution in [-0.4, -0.2) is 75.6 Å². The zero-order valence-corrected chi connectivity index (χ0v) is 26.0. The fourth-order valence-corrected chi connectivity index (χ4v) is 5.01. The molecule has 0 bridgehead atoms. The zero-order chi connectivity index (χ0) is 33.8. The first-order chi connectivity index (χ1) is 21.8. The summed E-state index contributed by atoms with van der Waals surface area (Å²) in [5.74, 6) is -3.16. The SMILES string of the molecule is CC(C)CC(N)C(=O)NC(Cc1ccc(O)cc1)C(=O)NC(CCCN=C(N)N)C(=O)NC(Cc1c[nH]c2ccccc12)C(=O)O. The van der Waals surface area contributed by atoms with E-state index in [2.05, 4.69) is 25.9 Å². The number of phenolic OH excluding ortho intramolecular Hbond substituents is 1. The first-order valence-electron chi connectivity index (χ1n) is 15.1. The molecule has 1 aromatic heterocycles. The number of amides is 3. The minimum Gasteiger partial charge on any atom is -0.508 e. The van der Waals surface area contributed by atoms with Crippen LogP contribution in [0.3, 0.4) is 0 Å². The van der Waals surface area contributed by atoms with Crippen molar-refractivity contribution in [3.05, 3.63) is 65.9 Å². The summed E-state index contributed by atoms with van der Waals surface area (Å²) in [6.45, 7) is 4.00. The molecule has 0 aliphatic carbocycles. The highest BCUT2D eigenvalue weighted by atomic mass is 16.4. The van der Waals surface area contributed by atoms with E-state index in [9.17, 15) is 29.4 Å². The topological polar surface area (TPSA) is 251 Å². The number of guanidine groups is 1. The van der Waals surface area contributed by atoms with Crippen molar-refractivity contribution in [3.8, 4) is 5.75 Å². The summed E-state index contributed by atoms with van der Waals surface area (Å²) < 4.78 is 0. The Morgan fingerprint density at radius 3 is 2.15 bits per heavy atom. The number of rotatable bonds is 17. The molecule has 12 N–H and O–H groups in total. The molecule has 0 saturated heterocycles. The van der Waals surface area contributed by atoms with Gasteiger partial charge in [0.05, 0.1) is 6.04 Å². The first kappa shape index (κ1) is 35.4. The van der Waals surface area contributed by atoms with Crippen LogP contribution in [0, 0.1) is 5.92 Å². The van der Waals surface area contributed by atoms with Gasteiger partial charge in [0.25, 0.3) is 0 Å². The number of nitrogens with one attached hydrogen (secondary N) is 4. The summed E-state index contributed by atoms with van der Waals surface area (Å²) in [7, 11) is 0. The highest BCUT2D eigenvalue weighted by molar-refractivity contribution is 5.94. The lowest BCUT2D eigenvalue weighted by atomic mass is 10.0. The number of nitrogens with two attached hydrogens (primary N) is 3. The molecule has 46 heavy (non-hydrogen) atoms. The van der Waals surface area contributed by atoms with Crippen LogP contribution in [0.2, 0.25) is 0 Å². The lowest BCUT2D eigenvalue weighted by Gasteiger charge is -2.25. The number of carbonyl (C=O) groups is 4. The first-order valence-corrected chi connectivity index (χ1v) is 15.1. The van der Waals surface area contributed by atoms with Crippen LogP contribution >= 0.6 is 0 Å². The Kier molecular flexibility index (Phi) is 12.9. The van der Waals surface area contributed by atoms with Crippen LogP contribution in [0.1, 0.15) is 44.2 Å². The van der Waals surface area contributed by atoms with Crippen LogP contribution in [0.5, 0.6) is 5.75 Å². The van der Waals surface area contributed by atoms with Gasteiger partial charge in [-0.2, -0.15) is 0 Å². The average Bonchev–Trinajstić information content (AvgIpc) is 3.41. The maximum Gasteiger partial charge on any atom is 0.326 e. The average molecular weight is 637 g/mol. The van der Waals surface area contributed by atoms with Crippen molar-refractivity contribution in [2.24, 2.45) is 28.1 Å². The van der Waals surface area contributed by atoms with Crippen molar-refractivity contribution in [1.82, 2.24) is 20.9 Å². The molecule has 0 spiro atoms. The van der Waals surface area contributed by atoms with Gasteiger partial charge in [0.15, 0.2) is 5.96 Å². The Morgan fingerprint density at radius 1 is 0.870 bits per heavy atom. The van der Waals surface area contributed by atoms with Gasteiger partial charge in [-0.1, -0.05) is 44.2 Å². The molecule has 0 aliphatic rings. The number of benzene rings is 2. The Bertz CT molecular complexity index is 1520. The minimum absolute atomic E-state index is 0.00692. The molecular weight excluding hydrogens is 592 g/mol. The largest absolute Gasteiger partial charge is 0.508 e. The summed E-state index contributed by atoms with van der Waals surface area (Å²) in [6, 6.07) is 9.03. The number of aliphatic imine (C=N–C) groups is 1. The van der Waals surface area contributed by atoms with E-state index in [0.29, 0.717) is 17.5 Å². The minimum atomic E-state index is -1.30. The number of aromatic amines is 1. The number of fused-ring (bicyclic) bond motifs is 1. The van der Waals surface area contributed by atoms with Crippen LogP contribution in [0.25, 0.3) is 10.9 Å². The number of carboxylic acids is 1. The van der Waals surface area contributed by atoms with Gasteiger partial charge in [0.2, 0.25) is 17.7 Å². The van der Waals surface area contributed by atoms with Crippen molar-refractivity contribution in [2.75, 3.05) is 6.54 Å². The Labute approximate surface area is 267 Å². The van der Waals surface area contributed by atoms with Crippen LogP contribution in [0.15, 0.2) is 59.7 Å². The zero-order valence-electron chi connectivity index (χ0n) is 26.0. The normalized spacial score (nSPS) is 13.7. The van der Waals surface area contributed by atoms with Crippen molar-refractivity contribution < 1.29 is 29.4 Å². The summed E-state index contributed by atoms with van der Waals surface area (Å²) >= 11 is 0. The van der Waals surface area contributed by atoms with Gasteiger partial charge in [-0.05, 0) is 54.5 Å². The molecule has 0 fully saturated rings. The maximum atomic E-state index is 13.7. The molecule has 3 aromatic rings. The van der Waals surface area contributed by atoms with E-state index < -0.39 is 47.9 Å². The molecule has 0 aliphatic heterocycles. The second kappa shape index (κ2) is 16.8. The molecule has 4 atom stereocenters. The van der Waals surface area contributed by atoms with Crippen LogP contribution < -0.4 is 33.2 Å². The number of phenols is 1. The van der Waals surface area contributed by atoms with Gasteiger partial charge >= 0.3 is 5.97 Å². The molecule has 0 radical (unpaired) electrons. The van der Waals surface area contributed by atoms with E-state index in [1.165, 1.54) is 12.1 Å². The third kappa shape index (κ3) is 10.8. The van der Waals surface area contributed by atoms with E-state index in [4.69, 9.17) is 17.2 Å². The quantitative estimate of drug-likeness (QED) is 0.0571. The van der Waals surface area contributed by atoms with Crippen molar-refractivity contribution in [3.63, 3.8) is 0 Å². The standard InChI is InChI=1S/C32H44N8O6/c1-18(2)14-23(33)28(42)39-26(15-19-9-11-21(41)12-10-19)30(44)38-25(8-5-13-36-32(34)35)29(43)40-27(31(45)46)16-20-17-37-24-7-4-3-6-22(20)24/h3-4,6-7,9-12,17-18,23,25-27,37,41H,5,8,13-16,33H2,1-2H3,(H,38,44)(H,39,42)(H,40,43)(H,45,46)(H4,34,35,36). The van der Waals surface area contributed by atoms with Crippen molar-refractivity contribution in [2.45, 2.75) is 70.1 Å². The molecule has 3 amide bonds. The van der Waals surface area contributed by atoms with Gasteiger partial charge in [0.1, 0.15) is 23.9 Å². The molecular formula is C32H44N8O6. The van der Waals surface area contributed by atoms with E-state index in [1.54, 1.807) is 18.3 Å². The second-order valence-corrected chi connectivity index (χ2v) is 11.6. The number of para-hydroxylation sites is 1. The highest BCUT2D eigenvalue weighted by Crippen LogP contribution is 2.19. The predicted molar refractivity (Wildman–Crippen MR) is 175 cm³/mol. The molecule has 1 heterocycles.